The minimum Gasteiger partial charge on any atom is -0.473 e. The molecule has 0 saturated carbocycles. The summed E-state index contributed by atoms with van der Waals surface area (Å²) in [6.45, 7) is 2.83. The van der Waals surface area contributed by atoms with Gasteiger partial charge in [-0.1, -0.05) is 30.3 Å². The predicted molar refractivity (Wildman–Crippen MR) is 110 cm³/mol. The number of rotatable bonds is 3. The van der Waals surface area contributed by atoms with Crippen molar-refractivity contribution in [1.29, 1.82) is 0 Å². The van der Waals surface area contributed by atoms with Gasteiger partial charge in [-0.15, -0.1) is 0 Å². The lowest BCUT2D eigenvalue weighted by atomic mass is 9.98. The van der Waals surface area contributed by atoms with Crippen LogP contribution >= 0.6 is 0 Å². The fourth-order valence-corrected chi connectivity index (χ4v) is 3.75. The number of hydrogen-bond acceptors (Lipinski definition) is 6. The SMILES string of the molecule is Cc1c(Cc2ccccc2)c(=O)oc2c3c(ccc12)OCN(c1ncccn1)C3. The van der Waals surface area contributed by atoms with Crippen LogP contribution in [0.2, 0.25) is 0 Å². The lowest BCUT2D eigenvalue weighted by Gasteiger charge is -2.29. The van der Waals surface area contributed by atoms with E-state index in [0.717, 1.165) is 27.8 Å². The highest BCUT2D eigenvalue weighted by molar-refractivity contribution is 5.86. The van der Waals surface area contributed by atoms with Crippen molar-refractivity contribution in [3.8, 4) is 5.75 Å². The standard InChI is InChI=1S/C23H19N3O3/c1-15-17-8-9-20-19(13-26(14-28-20)23-24-10-5-11-25-23)21(17)29-22(27)18(15)12-16-6-3-2-4-7-16/h2-11H,12-14H2,1H3. The van der Waals surface area contributed by atoms with E-state index in [1.807, 2.05) is 54.3 Å². The van der Waals surface area contributed by atoms with E-state index in [0.29, 0.717) is 36.8 Å². The molecular weight excluding hydrogens is 366 g/mol. The van der Waals surface area contributed by atoms with Gasteiger partial charge in [0.25, 0.3) is 0 Å². The third-order valence-corrected chi connectivity index (χ3v) is 5.30. The Morgan fingerprint density at radius 3 is 2.62 bits per heavy atom. The van der Waals surface area contributed by atoms with Gasteiger partial charge >= 0.3 is 5.63 Å². The van der Waals surface area contributed by atoms with E-state index in [9.17, 15) is 4.79 Å². The summed E-state index contributed by atoms with van der Waals surface area (Å²) in [6.07, 6.45) is 3.94. The molecule has 1 aliphatic heterocycles. The molecule has 0 N–H and O–H groups in total. The Hall–Kier alpha value is -3.67. The van der Waals surface area contributed by atoms with Crippen molar-refractivity contribution in [2.75, 3.05) is 11.6 Å². The zero-order valence-corrected chi connectivity index (χ0v) is 16.0. The molecule has 0 spiro atoms. The average Bonchev–Trinajstić information content (AvgIpc) is 2.77. The molecule has 0 amide bonds. The summed E-state index contributed by atoms with van der Waals surface area (Å²) in [5, 5.41) is 0.925. The van der Waals surface area contributed by atoms with Gasteiger partial charge < -0.3 is 14.1 Å². The van der Waals surface area contributed by atoms with Crippen LogP contribution in [0.1, 0.15) is 22.3 Å². The van der Waals surface area contributed by atoms with Crippen molar-refractivity contribution >= 4 is 16.9 Å². The molecule has 6 heteroatoms. The van der Waals surface area contributed by atoms with Gasteiger partial charge in [0, 0.05) is 29.8 Å². The van der Waals surface area contributed by atoms with Crippen molar-refractivity contribution in [3.05, 3.63) is 93.6 Å². The minimum absolute atomic E-state index is 0.305. The number of ether oxygens (including phenoxy) is 1. The van der Waals surface area contributed by atoms with Gasteiger partial charge in [-0.2, -0.15) is 0 Å². The molecule has 0 aliphatic carbocycles. The minimum atomic E-state index is -0.305. The zero-order chi connectivity index (χ0) is 19.8. The summed E-state index contributed by atoms with van der Waals surface area (Å²) >= 11 is 0. The van der Waals surface area contributed by atoms with Gasteiger partial charge in [-0.25, -0.2) is 14.8 Å². The Balaban J connectivity index is 1.59. The van der Waals surface area contributed by atoms with Crippen molar-refractivity contribution < 1.29 is 9.15 Å². The summed E-state index contributed by atoms with van der Waals surface area (Å²) in [5.41, 5.74) is 3.81. The van der Waals surface area contributed by atoms with Crippen LogP contribution in [0.5, 0.6) is 5.75 Å². The predicted octanol–water partition coefficient (Wildman–Crippen LogP) is 3.84. The Morgan fingerprint density at radius 2 is 1.83 bits per heavy atom. The molecule has 3 heterocycles. The Morgan fingerprint density at radius 1 is 1.03 bits per heavy atom. The molecule has 144 valence electrons. The normalized spacial score (nSPS) is 13.2. The molecule has 0 atom stereocenters. The van der Waals surface area contributed by atoms with Crippen molar-refractivity contribution in [2.24, 2.45) is 0 Å². The third-order valence-electron chi connectivity index (χ3n) is 5.30. The van der Waals surface area contributed by atoms with Crippen LogP contribution in [0.15, 0.2) is 70.1 Å². The topological polar surface area (TPSA) is 68.5 Å². The summed E-state index contributed by atoms with van der Waals surface area (Å²) in [7, 11) is 0. The van der Waals surface area contributed by atoms with Crippen molar-refractivity contribution in [2.45, 2.75) is 19.9 Å². The van der Waals surface area contributed by atoms with E-state index >= 15 is 0 Å². The van der Waals surface area contributed by atoms with Gasteiger partial charge in [-0.05, 0) is 36.2 Å². The lowest BCUT2D eigenvalue weighted by molar-refractivity contribution is 0.286. The number of hydrogen-bond donors (Lipinski definition) is 0. The number of benzene rings is 2. The molecule has 2 aromatic carbocycles. The van der Waals surface area contributed by atoms with E-state index in [-0.39, 0.29) is 5.63 Å². The fraction of sp³-hybridized carbons (Fsp3) is 0.174. The molecule has 1 aliphatic rings. The summed E-state index contributed by atoms with van der Waals surface area (Å²) in [6, 6.07) is 15.6. The first-order chi connectivity index (χ1) is 14.2. The second-order valence-electron chi connectivity index (χ2n) is 7.09. The highest BCUT2D eigenvalue weighted by atomic mass is 16.5. The maximum absolute atomic E-state index is 12.8. The number of aromatic nitrogens is 2. The molecule has 4 aromatic rings. The molecule has 5 rings (SSSR count). The summed E-state index contributed by atoms with van der Waals surface area (Å²) < 4.78 is 11.7. The first kappa shape index (κ1) is 17.4. The van der Waals surface area contributed by atoms with Gasteiger partial charge in [-0.3, -0.25) is 0 Å². The quantitative estimate of drug-likeness (QED) is 0.499. The van der Waals surface area contributed by atoms with Gasteiger partial charge in [0.05, 0.1) is 12.1 Å². The van der Waals surface area contributed by atoms with E-state index in [1.165, 1.54) is 0 Å². The maximum Gasteiger partial charge on any atom is 0.340 e. The number of nitrogens with zero attached hydrogens (tertiary/aromatic N) is 3. The summed E-state index contributed by atoms with van der Waals surface area (Å²) in [4.78, 5) is 23.3. The van der Waals surface area contributed by atoms with Crippen LogP contribution in [-0.4, -0.2) is 16.7 Å². The number of fused-ring (bicyclic) bond motifs is 3. The molecule has 6 nitrogen and oxygen atoms in total. The van der Waals surface area contributed by atoms with E-state index in [2.05, 4.69) is 9.97 Å². The van der Waals surface area contributed by atoms with Crippen LogP contribution in [0.25, 0.3) is 11.0 Å². The molecule has 2 aromatic heterocycles. The Kier molecular flexibility index (Phi) is 4.24. The second-order valence-corrected chi connectivity index (χ2v) is 7.09. The van der Waals surface area contributed by atoms with Crippen LogP contribution in [0.4, 0.5) is 5.95 Å². The monoisotopic (exact) mass is 385 g/mol. The highest BCUT2D eigenvalue weighted by Crippen LogP contribution is 2.34. The summed E-state index contributed by atoms with van der Waals surface area (Å²) in [5.74, 6) is 1.30. The van der Waals surface area contributed by atoms with Gasteiger partial charge in [0.15, 0.2) is 6.73 Å². The molecule has 0 saturated heterocycles. The van der Waals surface area contributed by atoms with E-state index < -0.39 is 0 Å². The second kappa shape index (κ2) is 7.05. The maximum atomic E-state index is 12.8. The number of anilines is 1. The lowest BCUT2D eigenvalue weighted by Crippen LogP contribution is -2.33. The molecule has 0 radical (unpaired) electrons. The average molecular weight is 385 g/mol. The Labute approximate surface area is 167 Å². The first-order valence-electron chi connectivity index (χ1n) is 9.47. The van der Waals surface area contributed by atoms with Crippen LogP contribution in [-0.2, 0) is 13.0 Å². The third kappa shape index (κ3) is 3.12. The molecule has 0 bridgehead atoms. The molecular formula is C23H19N3O3. The zero-order valence-electron chi connectivity index (χ0n) is 16.0. The molecule has 0 fully saturated rings. The van der Waals surface area contributed by atoms with Gasteiger partial charge in [0.1, 0.15) is 11.3 Å². The fourth-order valence-electron chi connectivity index (χ4n) is 3.75. The highest BCUT2D eigenvalue weighted by Gasteiger charge is 2.24. The van der Waals surface area contributed by atoms with Crippen LogP contribution in [0, 0.1) is 6.92 Å². The largest absolute Gasteiger partial charge is 0.473 e. The Bertz CT molecular complexity index is 1240. The molecule has 29 heavy (non-hydrogen) atoms. The first-order valence-corrected chi connectivity index (χ1v) is 9.47. The van der Waals surface area contributed by atoms with Crippen molar-refractivity contribution in [3.63, 3.8) is 0 Å². The van der Waals surface area contributed by atoms with Crippen LogP contribution in [0.3, 0.4) is 0 Å². The van der Waals surface area contributed by atoms with Crippen LogP contribution < -0.4 is 15.3 Å². The van der Waals surface area contributed by atoms with Gasteiger partial charge in [0.2, 0.25) is 5.95 Å². The molecule has 0 unspecified atom stereocenters. The van der Waals surface area contributed by atoms with E-state index in [4.69, 9.17) is 9.15 Å². The van der Waals surface area contributed by atoms with Crippen molar-refractivity contribution in [1.82, 2.24) is 9.97 Å². The smallest absolute Gasteiger partial charge is 0.340 e. The van der Waals surface area contributed by atoms with E-state index in [1.54, 1.807) is 18.5 Å². The number of aryl methyl sites for hydroxylation is 1.